The van der Waals surface area contributed by atoms with Crippen molar-refractivity contribution in [2.75, 3.05) is 0 Å². The molecule has 1 aromatic heterocycles. The van der Waals surface area contributed by atoms with Gasteiger partial charge in [-0.05, 0) is 46.6 Å². The molecule has 0 spiro atoms. The number of nitrogens with two attached hydrogens (primary N) is 1. The molecular weight excluding hydrogens is 322 g/mol. The van der Waals surface area contributed by atoms with E-state index in [0.29, 0.717) is 0 Å². The molecular formula is C12H11BrF2N2S. The zero-order valence-corrected chi connectivity index (χ0v) is 11.7. The molecule has 0 fully saturated rings. The Kier molecular flexibility index (Phi) is 4.45. The molecule has 2 nitrogen and oxygen atoms in total. The second kappa shape index (κ2) is 5.88. The van der Waals surface area contributed by atoms with Gasteiger partial charge in [0, 0.05) is 10.4 Å². The molecule has 1 aromatic carbocycles. The van der Waals surface area contributed by atoms with Crippen LogP contribution in [0.3, 0.4) is 0 Å². The van der Waals surface area contributed by atoms with Crippen LogP contribution in [0.4, 0.5) is 8.78 Å². The topological polar surface area (TPSA) is 38.0 Å². The maximum Gasteiger partial charge on any atom is 0.129 e. The Morgan fingerprint density at radius 2 is 1.89 bits per heavy atom. The molecule has 0 bridgehead atoms. The third-order valence-corrected chi connectivity index (χ3v) is 4.35. The van der Waals surface area contributed by atoms with Crippen LogP contribution in [0.1, 0.15) is 16.5 Å². The molecule has 0 aliphatic carbocycles. The van der Waals surface area contributed by atoms with E-state index in [-0.39, 0.29) is 18.0 Å². The van der Waals surface area contributed by atoms with Gasteiger partial charge in [-0.15, -0.1) is 11.3 Å². The van der Waals surface area contributed by atoms with Crippen molar-refractivity contribution in [2.45, 2.75) is 12.5 Å². The first-order valence-corrected chi connectivity index (χ1v) is 6.87. The quantitative estimate of drug-likeness (QED) is 0.663. The van der Waals surface area contributed by atoms with Gasteiger partial charge in [0.1, 0.15) is 11.6 Å². The van der Waals surface area contributed by atoms with Crippen molar-refractivity contribution in [3.05, 3.63) is 56.2 Å². The largest absolute Gasteiger partial charge is 0.271 e. The summed E-state index contributed by atoms with van der Waals surface area (Å²) in [5.74, 6) is 4.36. The second-order valence-corrected chi connectivity index (χ2v) is 6.26. The molecule has 2 rings (SSSR count). The molecule has 2 aromatic rings. The second-order valence-electron chi connectivity index (χ2n) is 3.77. The maximum atomic E-state index is 13.6. The Balaban J connectivity index is 2.26. The van der Waals surface area contributed by atoms with Gasteiger partial charge in [-0.25, -0.2) is 8.78 Å². The molecule has 1 heterocycles. The Labute approximate surface area is 116 Å². The zero-order valence-electron chi connectivity index (χ0n) is 9.29. The van der Waals surface area contributed by atoms with Crippen molar-refractivity contribution < 1.29 is 8.78 Å². The number of halogens is 3. The molecule has 6 heteroatoms. The van der Waals surface area contributed by atoms with Crippen molar-refractivity contribution in [3.8, 4) is 0 Å². The van der Waals surface area contributed by atoms with E-state index in [4.69, 9.17) is 5.84 Å². The average Bonchev–Trinajstić information content (AvgIpc) is 2.76. The Morgan fingerprint density at radius 3 is 2.39 bits per heavy atom. The molecule has 0 aliphatic heterocycles. The first-order valence-electron chi connectivity index (χ1n) is 5.26. The Bertz CT molecular complexity index is 524. The first-order chi connectivity index (χ1) is 8.61. The molecule has 1 unspecified atom stereocenters. The van der Waals surface area contributed by atoms with Gasteiger partial charge >= 0.3 is 0 Å². The smallest absolute Gasteiger partial charge is 0.129 e. The van der Waals surface area contributed by atoms with Gasteiger partial charge in [-0.1, -0.05) is 6.07 Å². The van der Waals surface area contributed by atoms with Crippen LogP contribution in [-0.4, -0.2) is 0 Å². The highest BCUT2D eigenvalue weighted by atomic mass is 79.9. The van der Waals surface area contributed by atoms with E-state index in [1.165, 1.54) is 29.5 Å². The lowest BCUT2D eigenvalue weighted by molar-refractivity contribution is 0.504. The Morgan fingerprint density at radius 1 is 1.22 bits per heavy atom. The summed E-state index contributed by atoms with van der Waals surface area (Å²) >= 11 is 4.83. The van der Waals surface area contributed by atoms with Gasteiger partial charge in [0.2, 0.25) is 0 Å². The summed E-state index contributed by atoms with van der Waals surface area (Å²) in [7, 11) is 0. The third-order valence-electron chi connectivity index (χ3n) is 2.61. The zero-order chi connectivity index (χ0) is 13.1. The summed E-state index contributed by atoms with van der Waals surface area (Å²) in [6.07, 6.45) is 0.169. The molecule has 0 aliphatic rings. The predicted octanol–water partition coefficient (Wildman–Crippen LogP) is 3.54. The van der Waals surface area contributed by atoms with E-state index < -0.39 is 11.6 Å². The molecule has 0 radical (unpaired) electrons. The van der Waals surface area contributed by atoms with Crippen molar-refractivity contribution in [3.63, 3.8) is 0 Å². The number of benzene rings is 1. The van der Waals surface area contributed by atoms with E-state index >= 15 is 0 Å². The fourth-order valence-corrected chi connectivity index (χ4v) is 3.17. The number of hydrazine groups is 1. The van der Waals surface area contributed by atoms with Gasteiger partial charge in [-0.3, -0.25) is 11.3 Å². The number of hydrogen-bond acceptors (Lipinski definition) is 3. The minimum absolute atomic E-state index is 0.0463. The first kappa shape index (κ1) is 13.6. The molecule has 18 heavy (non-hydrogen) atoms. The third kappa shape index (κ3) is 2.95. The van der Waals surface area contributed by atoms with Crippen molar-refractivity contribution in [1.82, 2.24) is 5.43 Å². The van der Waals surface area contributed by atoms with E-state index in [0.717, 1.165) is 8.66 Å². The minimum Gasteiger partial charge on any atom is -0.271 e. The van der Waals surface area contributed by atoms with Gasteiger partial charge in [-0.2, -0.15) is 0 Å². The van der Waals surface area contributed by atoms with E-state index in [1.807, 2.05) is 12.1 Å². The van der Waals surface area contributed by atoms with Crippen LogP contribution in [-0.2, 0) is 6.42 Å². The lowest BCUT2D eigenvalue weighted by Gasteiger charge is -2.15. The molecule has 0 saturated carbocycles. The number of nitrogens with one attached hydrogen (secondary N) is 1. The van der Waals surface area contributed by atoms with Crippen molar-refractivity contribution in [2.24, 2.45) is 5.84 Å². The summed E-state index contributed by atoms with van der Waals surface area (Å²) in [6.45, 7) is 0. The van der Waals surface area contributed by atoms with Gasteiger partial charge in [0.05, 0.1) is 9.83 Å². The molecule has 0 amide bonds. The fraction of sp³-hybridized carbons (Fsp3) is 0.167. The standard InChI is InChI=1S/C12H11BrF2N2S/c13-12-5-4-11(18-12)10(17-16)6-7-8(14)2-1-3-9(7)15/h1-5,10,17H,6,16H2. The van der Waals surface area contributed by atoms with Crippen LogP contribution < -0.4 is 11.3 Å². The fourth-order valence-electron chi connectivity index (χ4n) is 1.69. The number of thiophene rings is 1. The summed E-state index contributed by atoms with van der Waals surface area (Å²) < 4.78 is 28.1. The molecule has 1 atom stereocenters. The van der Waals surface area contributed by atoms with E-state index in [2.05, 4.69) is 21.4 Å². The summed E-state index contributed by atoms with van der Waals surface area (Å²) in [4.78, 5) is 0.923. The highest BCUT2D eigenvalue weighted by Gasteiger charge is 2.17. The summed E-state index contributed by atoms with van der Waals surface area (Å²) in [5, 5.41) is 0. The van der Waals surface area contributed by atoms with E-state index in [1.54, 1.807) is 0 Å². The van der Waals surface area contributed by atoms with E-state index in [9.17, 15) is 8.78 Å². The summed E-state index contributed by atoms with van der Waals surface area (Å²) in [6, 6.07) is 7.28. The van der Waals surface area contributed by atoms with Crippen LogP contribution in [0, 0.1) is 11.6 Å². The Hall–Kier alpha value is -0.820. The van der Waals surface area contributed by atoms with Gasteiger partial charge < -0.3 is 0 Å². The van der Waals surface area contributed by atoms with Crippen molar-refractivity contribution in [1.29, 1.82) is 0 Å². The SMILES string of the molecule is NNC(Cc1c(F)cccc1F)c1ccc(Br)s1. The van der Waals surface area contributed by atoms with Gasteiger partial charge in [0.25, 0.3) is 0 Å². The molecule has 3 N–H and O–H groups in total. The number of hydrogen-bond donors (Lipinski definition) is 2. The van der Waals surface area contributed by atoms with Crippen LogP contribution >= 0.6 is 27.3 Å². The highest BCUT2D eigenvalue weighted by molar-refractivity contribution is 9.11. The predicted molar refractivity (Wildman–Crippen MR) is 72.1 cm³/mol. The lowest BCUT2D eigenvalue weighted by atomic mass is 10.0. The van der Waals surface area contributed by atoms with Crippen LogP contribution in [0.5, 0.6) is 0 Å². The minimum atomic E-state index is -0.550. The van der Waals surface area contributed by atoms with Crippen LogP contribution in [0.2, 0.25) is 0 Å². The summed E-state index contributed by atoms with van der Waals surface area (Å²) in [5.41, 5.74) is 2.64. The maximum absolute atomic E-state index is 13.6. The van der Waals surface area contributed by atoms with Crippen LogP contribution in [0.15, 0.2) is 34.1 Å². The average molecular weight is 333 g/mol. The lowest BCUT2D eigenvalue weighted by Crippen LogP contribution is -2.29. The molecule has 96 valence electrons. The normalized spacial score (nSPS) is 12.7. The van der Waals surface area contributed by atoms with Crippen molar-refractivity contribution >= 4 is 27.3 Å². The number of rotatable bonds is 4. The van der Waals surface area contributed by atoms with Crippen LogP contribution in [0.25, 0.3) is 0 Å². The molecule has 0 saturated heterocycles. The monoisotopic (exact) mass is 332 g/mol. The highest BCUT2D eigenvalue weighted by Crippen LogP contribution is 2.29. The van der Waals surface area contributed by atoms with Gasteiger partial charge in [0.15, 0.2) is 0 Å².